The summed E-state index contributed by atoms with van der Waals surface area (Å²) in [6.07, 6.45) is 0. The van der Waals surface area contributed by atoms with Crippen molar-refractivity contribution in [1.82, 2.24) is 9.13 Å². The van der Waals surface area contributed by atoms with E-state index in [0.717, 1.165) is 17.1 Å². The molecule has 2 N–H and O–H groups in total. The van der Waals surface area contributed by atoms with Crippen molar-refractivity contribution in [2.24, 2.45) is 0 Å². The Hall–Kier alpha value is -4.50. The van der Waals surface area contributed by atoms with Gasteiger partial charge in [-0.25, -0.2) is 0 Å². The molecule has 156 valence electrons. The van der Waals surface area contributed by atoms with E-state index in [1.54, 1.807) is 0 Å². The summed E-state index contributed by atoms with van der Waals surface area (Å²) in [7, 11) is 0. The maximum Gasteiger partial charge on any atom is 0.0541 e. The lowest BCUT2D eigenvalue weighted by atomic mass is 10.2. The van der Waals surface area contributed by atoms with E-state index in [1.807, 2.05) is 0 Å². The molecule has 0 atom stereocenters. The fourth-order valence-corrected chi connectivity index (χ4v) is 5.28. The number of rotatable bonds is 2. The van der Waals surface area contributed by atoms with Gasteiger partial charge in [0.2, 0.25) is 0 Å². The summed E-state index contributed by atoms with van der Waals surface area (Å²) in [5, 5.41) is 4.98. The molecule has 0 saturated heterocycles. The third-order valence-corrected chi connectivity index (χ3v) is 6.60. The molecule has 0 bridgehead atoms. The molecule has 33 heavy (non-hydrogen) atoms. The molecule has 0 fully saturated rings. The van der Waals surface area contributed by atoms with Crippen LogP contribution < -0.4 is 5.73 Å². The molecule has 0 unspecified atom stereocenters. The van der Waals surface area contributed by atoms with E-state index in [1.165, 1.54) is 43.6 Å². The molecule has 7 aromatic rings. The van der Waals surface area contributed by atoms with Gasteiger partial charge in [-0.2, -0.15) is 0 Å². The fraction of sp³-hybridized carbons (Fsp3) is 0. The van der Waals surface area contributed by atoms with E-state index < -0.39 is 0 Å². The van der Waals surface area contributed by atoms with Crippen LogP contribution in [0.4, 0.5) is 5.69 Å². The molecule has 3 nitrogen and oxygen atoms in total. The predicted molar refractivity (Wildman–Crippen MR) is 140 cm³/mol. The Morgan fingerprint density at radius 2 is 0.697 bits per heavy atom. The number of hydrogen-bond donors (Lipinski definition) is 1. The van der Waals surface area contributed by atoms with Crippen LogP contribution in [0.1, 0.15) is 0 Å². The largest absolute Gasteiger partial charge is 0.399 e. The number of nitrogen functional groups attached to an aromatic ring is 1. The smallest absolute Gasteiger partial charge is 0.0541 e. The maximum absolute atomic E-state index is 6.52. The summed E-state index contributed by atoms with van der Waals surface area (Å²) in [5.41, 5.74) is 14.1. The molecule has 0 radical (unpaired) electrons. The lowest BCUT2D eigenvalue weighted by Gasteiger charge is -2.14. The summed E-state index contributed by atoms with van der Waals surface area (Å²) in [4.78, 5) is 0. The molecule has 0 aliphatic carbocycles. The minimum Gasteiger partial charge on any atom is -0.399 e. The Bertz CT molecular complexity index is 1600. The third-order valence-electron chi connectivity index (χ3n) is 6.60. The summed E-state index contributed by atoms with van der Waals surface area (Å²) < 4.78 is 4.64. The zero-order valence-electron chi connectivity index (χ0n) is 17.9. The van der Waals surface area contributed by atoms with Gasteiger partial charge in [0.25, 0.3) is 0 Å². The lowest BCUT2D eigenvalue weighted by molar-refractivity contribution is 1.14. The molecular weight excluding hydrogens is 402 g/mol. The van der Waals surface area contributed by atoms with Crippen molar-refractivity contribution in [2.45, 2.75) is 0 Å². The normalized spacial score (nSPS) is 11.8. The monoisotopic (exact) mass is 423 g/mol. The van der Waals surface area contributed by atoms with Crippen molar-refractivity contribution in [1.29, 1.82) is 0 Å². The van der Waals surface area contributed by atoms with Gasteiger partial charge in [0.1, 0.15) is 0 Å². The van der Waals surface area contributed by atoms with E-state index in [9.17, 15) is 0 Å². The molecule has 7 rings (SSSR count). The maximum atomic E-state index is 6.52. The van der Waals surface area contributed by atoms with Crippen molar-refractivity contribution in [3.05, 3.63) is 115 Å². The summed E-state index contributed by atoms with van der Waals surface area (Å²) >= 11 is 0. The van der Waals surface area contributed by atoms with Crippen molar-refractivity contribution in [3.8, 4) is 11.4 Å². The number of nitrogens with two attached hydrogens (primary N) is 1. The Balaban J connectivity index is 1.58. The molecule has 0 aliphatic heterocycles. The zero-order valence-corrected chi connectivity index (χ0v) is 17.9. The van der Waals surface area contributed by atoms with Gasteiger partial charge in [-0.15, -0.1) is 0 Å². The molecule has 0 saturated carbocycles. The number of benzene rings is 5. The first-order chi connectivity index (χ1) is 16.3. The van der Waals surface area contributed by atoms with E-state index in [2.05, 4.69) is 124 Å². The summed E-state index contributed by atoms with van der Waals surface area (Å²) in [6.45, 7) is 0. The van der Waals surface area contributed by atoms with Crippen molar-refractivity contribution >= 4 is 49.3 Å². The average molecular weight is 424 g/mol. The van der Waals surface area contributed by atoms with Crippen LogP contribution in [0.25, 0.3) is 55.0 Å². The van der Waals surface area contributed by atoms with Gasteiger partial charge in [0, 0.05) is 27.2 Å². The Labute approximate surface area is 190 Å². The Morgan fingerprint density at radius 3 is 1.03 bits per heavy atom. The second-order valence-corrected chi connectivity index (χ2v) is 8.52. The van der Waals surface area contributed by atoms with Gasteiger partial charge in [0.15, 0.2) is 0 Å². The van der Waals surface area contributed by atoms with Crippen LogP contribution >= 0.6 is 0 Å². The topological polar surface area (TPSA) is 35.9 Å². The number of hydrogen-bond acceptors (Lipinski definition) is 1. The van der Waals surface area contributed by atoms with Crippen molar-refractivity contribution in [2.75, 3.05) is 5.73 Å². The standard InChI is InChI=1S/C30H21N3/c31-20-17-21(32-27-13-5-1-9-23(27)24-10-2-6-14-28(24)32)19-22(18-20)33-29-15-7-3-11-25(29)26-12-4-8-16-30(26)33/h1-19H,31H2. The quantitative estimate of drug-likeness (QED) is 0.288. The third kappa shape index (κ3) is 2.56. The molecule has 0 spiro atoms. The van der Waals surface area contributed by atoms with Crippen LogP contribution in [0.5, 0.6) is 0 Å². The summed E-state index contributed by atoms with van der Waals surface area (Å²) in [5.74, 6) is 0. The van der Waals surface area contributed by atoms with E-state index in [-0.39, 0.29) is 0 Å². The van der Waals surface area contributed by atoms with Crippen LogP contribution in [0.3, 0.4) is 0 Å². The summed E-state index contributed by atoms with van der Waals surface area (Å²) in [6, 6.07) is 40.6. The molecule has 2 heterocycles. The lowest BCUT2D eigenvalue weighted by Crippen LogP contribution is -2.01. The number of para-hydroxylation sites is 4. The highest BCUT2D eigenvalue weighted by Crippen LogP contribution is 2.36. The van der Waals surface area contributed by atoms with Crippen molar-refractivity contribution in [3.63, 3.8) is 0 Å². The minimum absolute atomic E-state index is 0.742. The van der Waals surface area contributed by atoms with Crippen molar-refractivity contribution < 1.29 is 0 Å². The van der Waals surface area contributed by atoms with Crippen LogP contribution in [0, 0.1) is 0 Å². The van der Waals surface area contributed by atoms with Gasteiger partial charge in [0.05, 0.1) is 33.4 Å². The van der Waals surface area contributed by atoms with Gasteiger partial charge >= 0.3 is 0 Å². The van der Waals surface area contributed by atoms with Gasteiger partial charge < -0.3 is 14.9 Å². The molecule has 2 aromatic heterocycles. The first-order valence-electron chi connectivity index (χ1n) is 11.2. The fourth-order valence-electron chi connectivity index (χ4n) is 5.28. The minimum atomic E-state index is 0.742. The Morgan fingerprint density at radius 1 is 0.394 bits per heavy atom. The van der Waals surface area contributed by atoms with E-state index in [0.29, 0.717) is 0 Å². The van der Waals surface area contributed by atoms with Gasteiger partial charge in [-0.1, -0.05) is 72.8 Å². The van der Waals surface area contributed by atoms with Crippen LogP contribution in [-0.4, -0.2) is 9.13 Å². The highest BCUT2D eigenvalue weighted by molar-refractivity contribution is 6.10. The molecule has 0 aliphatic rings. The first kappa shape index (κ1) is 18.1. The van der Waals surface area contributed by atoms with E-state index in [4.69, 9.17) is 5.73 Å². The average Bonchev–Trinajstić information content (AvgIpc) is 3.37. The van der Waals surface area contributed by atoms with Crippen LogP contribution in [0.2, 0.25) is 0 Å². The number of anilines is 1. The predicted octanol–water partition coefficient (Wildman–Crippen LogP) is 7.46. The van der Waals surface area contributed by atoms with E-state index >= 15 is 0 Å². The molecule has 5 aromatic carbocycles. The number of fused-ring (bicyclic) bond motifs is 6. The first-order valence-corrected chi connectivity index (χ1v) is 11.2. The SMILES string of the molecule is Nc1cc(-n2c3ccccc3c3ccccc32)cc(-n2c3ccccc3c3ccccc32)c1. The molecular formula is C30H21N3. The number of aromatic nitrogens is 2. The second kappa shape index (κ2) is 6.75. The number of nitrogens with zero attached hydrogens (tertiary/aromatic N) is 2. The molecule has 0 amide bonds. The molecule has 3 heteroatoms. The van der Waals surface area contributed by atoms with Gasteiger partial charge in [-0.05, 0) is 42.5 Å². The zero-order chi connectivity index (χ0) is 21.9. The van der Waals surface area contributed by atoms with Crippen LogP contribution in [0.15, 0.2) is 115 Å². The second-order valence-electron chi connectivity index (χ2n) is 8.52. The highest BCUT2D eigenvalue weighted by atomic mass is 15.0. The van der Waals surface area contributed by atoms with Crippen LogP contribution in [-0.2, 0) is 0 Å². The van der Waals surface area contributed by atoms with Gasteiger partial charge in [-0.3, -0.25) is 0 Å². The Kier molecular flexibility index (Phi) is 3.70. The highest BCUT2D eigenvalue weighted by Gasteiger charge is 2.15.